The van der Waals surface area contributed by atoms with Crippen LogP contribution in [0, 0.1) is 5.82 Å². The highest BCUT2D eigenvalue weighted by atomic mass is 19.1. The molecule has 0 amide bonds. The predicted molar refractivity (Wildman–Crippen MR) is 109 cm³/mol. The molecule has 0 saturated heterocycles. The standard InChI is InChI=1S/C24H23FO3/c1-27-23-10-7-16(13-24(23)28-2)15-5-9-21(22(25)12-15)18-6-8-20-17(11-18)3-4-19(20)14-26/h5-13,19,26H,3-4,14H2,1-2H3. The number of aliphatic hydroxyl groups excluding tert-OH is 1. The van der Waals surface area contributed by atoms with E-state index in [0.717, 1.165) is 29.5 Å². The maximum atomic E-state index is 14.9. The van der Waals surface area contributed by atoms with E-state index in [1.165, 1.54) is 11.1 Å². The first-order valence-corrected chi connectivity index (χ1v) is 9.40. The lowest BCUT2D eigenvalue weighted by atomic mass is 9.95. The summed E-state index contributed by atoms with van der Waals surface area (Å²) in [6.45, 7) is 0.167. The topological polar surface area (TPSA) is 38.7 Å². The van der Waals surface area contributed by atoms with Gasteiger partial charge >= 0.3 is 0 Å². The molecule has 3 nitrogen and oxygen atoms in total. The third-order valence-electron chi connectivity index (χ3n) is 5.56. The van der Waals surface area contributed by atoms with Gasteiger partial charge in [0.1, 0.15) is 5.82 Å². The van der Waals surface area contributed by atoms with Crippen molar-refractivity contribution in [3.63, 3.8) is 0 Å². The Morgan fingerprint density at radius 1 is 0.893 bits per heavy atom. The van der Waals surface area contributed by atoms with E-state index in [1.54, 1.807) is 20.3 Å². The van der Waals surface area contributed by atoms with E-state index < -0.39 is 0 Å². The lowest BCUT2D eigenvalue weighted by molar-refractivity contribution is 0.265. The minimum Gasteiger partial charge on any atom is -0.493 e. The van der Waals surface area contributed by atoms with E-state index in [1.807, 2.05) is 42.5 Å². The number of ether oxygens (including phenoxy) is 2. The molecule has 1 aliphatic rings. The lowest BCUT2D eigenvalue weighted by Gasteiger charge is -2.12. The number of fused-ring (bicyclic) bond motifs is 1. The molecule has 1 aliphatic carbocycles. The van der Waals surface area contributed by atoms with Crippen LogP contribution in [0.3, 0.4) is 0 Å². The van der Waals surface area contributed by atoms with E-state index in [4.69, 9.17) is 9.47 Å². The van der Waals surface area contributed by atoms with Crippen molar-refractivity contribution in [2.24, 2.45) is 0 Å². The fraction of sp³-hybridized carbons (Fsp3) is 0.250. The Bertz CT molecular complexity index is 1010. The van der Waals surface area contributed by atoms with Crippen molar-refractivity contribution in [2.75, 3.05) is 20.8 Å². The van der Waals surface area contributed by atoms with Gasteiger partial charge in [0.2, 0.25) is 0 Å². The van der Waals surface area contributed by atoms with Crippen molar-refractivity contribution >= 4 is 0 Å². The quantitative estimate of drug-likeness (QED) is 0.663. The molecule has 28 heavy (non-hydrogen) atoms. The summed E-state index contributed by atoms with van der Waals surface area (Å²) in [7, 11) is 3.17. The molecule has 0 fully saturated rings. The number of aryl methyl sites for hydroxylation is 1. The Morgan fingerprint density at radius 3 is 2.32 bits per heavy atom. The van der Waals surface area contributed by atoms with Crippen molar-refractivity contribution in [2.45, 2.75) is 18.8 Å². The van der Waals surface area contributed by atoms with Crippen LogP contribution in [0.4, 0.5) is 4.39 Å². The molecule has 0 heterocycles. The third kappa shape index (κ3) is 3.25. The summed E-state index contributed by atoms with van der Waals surface area (Å²) in [5.41, 5.74) is 5.49. The van der Waals surface area contributed by atoms with Crippen LogP contribution >= 0.6 is 0 Å². The maximum absolute atomic E-state index is 14.9. The predicted octanol–water partition coefficient (Wildman–Crippen LogP) is 5.20. The van der Waals surface area contributed by atoms with Crippen molar-refractivity contribution < 1.29 is 19.0 Å². The molecule has 0 radical (unpaired) electrons. The molecule has 0 aliphatic heterocycles. The molecule has 1 N–H and O–H groups in total. The van der Waals surface area contributed by atoms with Gasteiger partial charge in [-0.25, -0.2) is 4.39 Å². The number of rotatable bonds is 5. The Labute approximate surface area is 164 Å². The van der Waals surface area contributed by atoms with E-state index >= 15 is 0 Å². The second-order valence-corrected chi connectivity index (χ2v) is 7.10. The fourth-order valence-electron chi connectivity index (χ4n) is 4.01. The zero-order chi connectivity index (χ0) is 19.7. The van der Waals surface area contributed by atoms with Crippen molar-refractivity contribution in [3.05, 3.63) is 71.5 Å². The highest BCUT2D eigenvalue weighted by molar-refractivity contribution is 5.73. The van der Waals surface area contributed by atoms with Crippen molar-refractivity contribution in [3.8, 4) is 33.8 Å². The van der Waals surface area contributed by atoms with E-state index in [0.29, 0.717) is 17.1 Å². The smallest absolute Gasteiger partial charge is 0.161 e. The molecule has 0 aromatic heterocycles. The molecule has 0 bridgehead atoms. The summed E-state index contributed by atoms with van der Waals surface area (Å²) in [4.78, 5) is 0. The molecule has 4 rings (SSSR count). The zero-order valence-electron chi connectivity index (χ0n) is 16.0. The summed E-state index contributed by atoms with van der Waals surface area (Å²) in [5, 5.41) is 9.48. The number of benzene rings is 3. The van der Waals surface area contributed by atoms with Crippen LogP contribution in [0.1, 0.15) is 23.5 Å². The lowest BCUT2D eigenvalue weighted by Crippen LogP contribution is -1.98. The van der Waals surface area contributed by atoms with Crippen LogP contribution in [0.25, 0.3) is 22.3 Å². The minimum atomic E-state index is -0.260. The van der Waals surface area contributed by atoms with Gasteiger partial charge in [0.05, 0.1) is 14.2 Å². The first-order valence-electron chi connectivity index (χ1n) is 9.40. The van der Waals surface area contributed by atoms with Crippen LogP contribution in [0.5, 0.6) is 11.5 Å². The summed E-state index contributed by atoms with van der Waals surface area (Å²) >= 11 is 0. The average molecular weight is 378 g/mol. The van der Waals surface area contributed by atoms with Gasteiger partial charge in [-0.1, -0.05) is 36.4 Å². The molecule has 3 aromatic rings. The first-order chi connectivity index (χ1) is 13.6. The van der Waals surface area contributed by atoms with Crippen molar-refractivity contribution in [1.82, 2.24) is 0 Å². The third-order valence-corrected chi connectivity index (χ3v) is 5.56. The van der Waals surface area contributed by atoms with Crippen LogP contribution < -0.4 is 9.47 Å². The van der Waals surface area contributed by atoms with E-state index in [-0.39, 0.29) is 18.3 Å². The molecular weight excluding hydrogens is 355 g/mol. The van der Waals surface area contributed by atoms with Gasteiger partial charge in [-0.15, -0.1) is 0 Å². The summed E-state index contributed by atoms with van der Waals surface area (Å²) in [6, 6.07) is 16.9. The van der Waals surface area contributed by atoms with Crippen LogP contribution in [0.15, 0.2) is 54.6 Å². The SMILES string of the molecule is COc1ccc(-c2ccc(-c3ccc4c(c3)CCC4CO)c(F)c2)cc1OC. The minimum absolute atomic E-state index is 0.167. The van der Waals surface area contributed by atoms with E-state index in [9.17, 15) is 9.50 Å². The fourth-order valence-corrected chi connectivity index (χ4v) is 4.01. The van der Waals surface area contributed by atoms with Gasteiger partial charge in [-0.3, -0.25) is 0 Å². The van der Waals surface area contributed by atoms with Crippen molar-refractivity contribution in [1.29, 1.82) is 0 Å². The normalized spacial score (nSPS) is 15.4. The highest BCUT2D eigenvalue weighted by Gasteiger charge is 2.22. The molecule has 3 aromatic carbocycles. The Hall–Kier alpha value is -2.85. The number of aliphatic hydroxyl groups is 1. The summed E-state index contributed by atoms with van der Waals surface area (Å²) in [5.74, 6) is 1.20. The van der Waals surface area contributed by atoms with Gasteiger partial charge in [0.15, 0.2) is 11.5 Å². The Kier molecular flexibility index (Phi) is 5.05. The number of halogens is 1. The summed E-state index contributed by atoms with van der Waals surface area (Å²) < 4.78 is 25.6. The zero-order valence-corrected chi connectivity index (χ0v) is 16.0. The molecule has 144 valence electrons. The molecule has 4 heteroatoms. The average Bonchev–Trinajstić information content (AvgIpc) is 3.15. The van der Waals surface area contributed by atoms with Gasteiger partial charge in [-0.05, 0) is 58.9 Å². The molecule has 1 unspecified atom stereocenters. The second-order valence-electron chi connectivity index (χ2n) is 7.10. The molecule has 0 spiro atoms. The van der Waals surface area contributed by atoms with Gasteiger partial charge < -0.3 is 14.6 Å². The molecular formula is C24H23FO3. The number of methoxy groups -OCH3 is 2. The molecule has 0 saturated carbocycles. The van der Waals surface area contributed by atoms with Crippen LogP contribution in [0.2, 0.25) is 0 Å². The largest absolute Gasteiger partial charge is 0.493 e. The second kappa shape index (κ2) is 7.64. The van der Waals surface area contributed by atoms with Crippen LogP contribution in [-0.4, -0.2) is 25.9 Å². The summed E-state index contributed by atoms with van der Waals surface area (Å²) in [6.07, 6.45) is 1.88. The number of hydrogen-bond donors (Lipinski definition) is 1. The monoisotopic (exact) mass is 378 g/mol. The van der Waals surface area contributed by atoms with Gasteiger partial charge in [0, 0.05) is 18.1 Å². The van der Waals surface area contributed by atoms with Crippen LogP contribution in [-0.2, 0) is 6.42 Å². The molecule has 1 atom stereocenters. The number of hydrogen-bond acceptors (Lipinski definition) is 3. The Balaban J connectivity index is 1.68. The maximum Gasteiger partial charge on any atom is 0.161 e. The highest BCUT2D eigenvalue weighted by Crippen LogP contribution is 2.37. The first kappa shape index (κ1) is 18.5. The van der Waals surface area contributed by atoms with Gasteiger partial charge in [-0.2, -0.15) is 0 Å². The Morgan fingerprint density at radius 2 is 1.61 bits per heavy atom. The van der Waals surface area contributed by atoms with Gasteiger partial charge in [0.25, 0.3) is 0 Å². The van der Waals surface area contributed by atoms with E-state index in [2.05, 4.69) is 6.07 Å².